The van der Waals surface area contributed by atoms with Crippen molar-refractivity contribution in [1.29, 1.82) is 0 Å². The number of thiazole rings is 1. The molecule has 0 fully saturated rings. The number of carbonyl (C=O) groups excluding carboxylic acids is 2. The van der Waals surface area contributed by atoms with E-state index in [0.717, 1.165) is 16.5 Å². The first-order chi connectivity index (χ1) is 22.7. The molecule has 9 nitrogen and oxygen atoms in total. The van der Waals surface area contributed by atoms with Gasteiger partial charge in [-0.25, -0.2) is 9.38 Å². The molecule has 1 aliphatic rings. The molecule has 0 bridgehead atoms. The third kappa shape index (κ3) is 6.01. The number of amides is 2. The number of likely N-dealkylation sites (N-methyl/N-ethyl adjacent to an activating group) is 1. The lowest BCUT2D eigenvalue weighted by atomic mass is 9.94. The molecule has 1 aliphatic heterocycles. The Labute approximate surface area is 274 Å². The van der Waals surface area contributed by atoms with Crippen LogP contribution in [0.25, 0.3) is 17.0 Å². The largest absolute Gasteiger partial charge is 0.496 e. The Morgan fingerprint density at radius 3 is 2.47 bits per heavy atom. The number of anilines is 1. The van der Waals surface area contributed by atoms with Gasteiger partial charge < -0.3 is 19.5 Å². The van der Waals surface area contributed by atoms with Gasteiger partial charge in [0.05, 0.1) is 22.9 Å². The van der Waals surface area contributed by atoms with Crippen LogP contribution in [0.4, 0.5) is 10.1 Å². The fourth-order valence-corrected chi connectivity index (χ4v) is 7.05. The summed E-state index contributed by atoms with van der Waals surface area (Å²) in [5, 5.41) is 3.66. The van der Waals surface area contributed by atoms with Gasteiger partial charge in [0.15, 0.2) is 4.80 Å². The number of methoxy groups -OCH3 is 1. The highest BCUT2D eigenvalue weighted by molar-refractivity contribution is 7.07. The first-order valence-corrected chi connectivity index (χ1v) is 16.1. The smallest absolute Gasteiger partial charge is 0.271 e. The van der Waals surface area contributed by atoms with E-state index in [4.69, 9.17) is 9.73 Å². The van der Waals surface area contributed by atoms with Gasteiger partial charge in [-0.05, 0) is 63.2 Å². The molecule has 240 valence electrons. The molecule has 1 atom stereocenters. The maximum absolute atomic E-state index is 14.3. The first kappa shape index (κ1) is 31.7. The lowest BCUT2D eigenvalue weighted by Gasteiger charge is -2.29. The highest BCUT2D eigenvalue weighted by Gasteiger charge is 2.35. The van der Waals surface area contributed by atoms with Crippen molar-refractivity contribution >= 4 is 45.8 Å². The number of allylic oxidation sites excluding steroid dienone is 1. The van der Waals surface area contributed by atoms with Crippen LogP contribution in [0, 0.1) is 5.82 Å². The Balaban J connectivity index is 1.46. The number of fused-ring (bicyclic) bond motifs is 2. The van der Waals surface area contributed by atoms with Gasteiger partial charge in [-0.3, -0.25) is 19.0 Å². The van der Waals surface area contributed by atoms with E-state index in [9.17, 15) is 18.8 Å². The molecule has 0 saturated heterocycles. The molecule has 1 N–H and O–H groups in total. The van der Waals surface area contributed by atoms with Gasteiger partial charge in [-0.2, -0.15) is 0 Å². The number of rotatable bonds is 9. The van der Waals surface area contributed by atoms with Crippen molar-refractivity contribution < 1.29 is 18.7 Å². The maximum atomic E-state index is 14.3. The predicted octanol–water partition coefficient (Wildman–Crippen LogP) is 4.84. The van der Waals surface area contributed by atoms with Crippen LogP contribution in [0.5, 0.6) is 5.75 Å². The molecule has 0 radical (unpaired) electrons. The van der Waals surface area contributed by atoms with Crippen LogP contribution in [-0.2, 0) is 16.1 Å². The van der Waals surface area contributed by atoms with Gasteiger partial charge >= 0.3 is 0 Å². The minimum absolute atomic E-state index is 0.0107. The van der Waals surface area contributed by atoms with E-state index >= 15 is 0 Å². The number of hydrogen-bond donors (Lipinski definition) is 1. The zero-order valence-corrected chi connectivity index (χ0v) is 27.3. The number of para-hydroxylation sites is 2. The molecule has 0 saturated carbocycles. The molecule has 0 unspecified atom stereocenters. The molecule has 3 aromatic carbocycles. The Morgan fingerprint density at radius 1 is 1.04 bits per heavy atom. The second-order valence-corrected chi connectivity index (χ2v) is 12.1. The number of halogens is 1. The quantitative estimate of drug-likeness (QED) is 0.247. The molecule has 5 aromatic rings. The molecule has 11 heteroatoms. The Bertz CT molecular complexity index is 2210. The van der Waals surface area contributed by atoms with Crippen LogP contribution in [0.2, 0.25) is 0 Å². The van der Waals surface area contributed by atoms with Gasteiger partial charge in [0.25, 0.3) is 11.5 Å². The molecule has 3 heterocycles. The van der Waals surface area contributed by atoms with Crippen molar-refractivity contribution in [2.24, 2.45) is 4.99 Å². The van der Waals surface area contributed by atoms with Gasteiger partial charge in [0.1, 0.15) is 24.2 Å². The van der Waals surface area contributed by atoms with Crippen molar-refractivity contribution in [3.8, 4) is 5.75 Å². The van der Waals surface area contributed by atoms with E-state index in [1.807, 2.05) is 79.2 Å². The van der Waals surface area contributed by atoms with E-state index in [2.05, 4.69) is 5.32 Å². The van der Waals surface area contributed by atoms with Crippen LogP contribution in [0.15, 0.2) is 100 Å². The highest BCUT2D eigenvalue weighted by Crippen LogP contribution is 2.36. The zero-order valence-electron chi connectivity index (χ0n) is 26.5. The summed E-state index contributed by atoms with van der Waals surface area (Å²) in [7, 11) is 1.57. The molecule has 6 rings (SSSR count). The maximum Gasteiger partial charge on any atom is 0.271 e. The molecule has 2 aromatic heterocycles. The van der Waals surface area contributed by atoms with Crippen LogP contribution < -0.4 is 24.9 Å². The summed E-state index contributed by atoms with van der Waals surface area (Å²) in [6.07, 6.45) is 3.65. The Hall–Kier alpha value is -5.29. The number of nitrogens with zero attached hydrogens (tertiary/aromatic N) is 4. The van der Waals surface area contributed by atoms with Crippen molar-refractivity contribution in [2.45, 2.75) is 33.4 Å². The number of benzene rings is 3. The standard InChI is InChI=1S/C36H34FN5O4S/c1-5-40(6-2)35(45)32-22(3)38-36-42(33(32)27-12-8-10-14-29(27)46-4)34(44)30(47-36)19-23-20-41(28-13-9-7-11-26(23)28)21-31(43)39-25-17-15-24(37)16-18-25/h7-20,33H,5-6,21H2,1-4H3,(H,39,43)/b30-19+/t33-/m0/s1. The number of ether oxygens (including phenoxy) is 1. The normalized spacial score (nSPS) is 14.6. The van der Waals surface area contributed by atoms with Crippen molar-refractivity contribution in [3.05, 3.63) is 127 Å². The topological polar surface area (TPSA) is 97.9 Å². The minimum Gasteiger partial charge on any atom is -0.496 e. The van der Waals surface area contributed by atoms with Gasteiger partial charge in [0, 0.05) is 47.0 Å². The fourth-order valence-electron chi connectivity index (χ4n) is 6.01. The summed E-state index contributed by atoms with van der Waals surface area (Å²) in [4.78, 5) is 48.2. The number of aromatic nitrogens is 2. The molecule has 47 heavy (non-hydrogen) atoms. The summed E-state index contributed by atoms with van der Waals surface area (Å²) in [5.41, 5.74) is 3.45. The second kappa shape index (κ2) is 13.2. The molecular weight excluding hydrogens is 617 g/mol. The summed E-state index contributed by atoms with van der Waals surface area (Å²) in [6, 6.07) is 19.9. The monoisotopic (exact) mass is 651 g/mol. The van der Waals surface area contributed by atoms with Crippen LogP contribution >= 0.6 is 11.3 Å². The van der Waals surface area contributed by atoms with E-state index in [1.54, 1.807) is 23.5 Å². The minimum atomic E-state index is -0.742. The SMILES string of the molecule is CCN(CC)C(=O)C1=C(C)N=c2s/c(=C/c3cn(CC(=O)Nc4ccc(F)cc4)c4ccccc34)c(=O)n2[C@H]1c1ccccc1OC. The second-order valence-electron chi connectivity index (χ2n) is 11.1. The third-order valence-corrected chi connectivity index (χ3v) is 9.27. The average Bonchev–Trinajstić information content (AvgIpc) is 3.57. The molecular formula is C36H34FN5O4S. The van der Waals surface area contributed by atoms with E-state index in [0.29, 0.717) is 50.7 Å². The van der Waals surface area contributed by atoms with Gasteiger partial charge in [0.2, 0.25) is 5.91 Å². The van der Waals surface area contributed by atoms with Gasteiger partial charge in [-0.15, -0.1) is 0 Å². The van der Waals surface area contributed by atoms with Crippen molar-refractivity contribution in [2.75, 3.05) is 25.5 Å². The number of hydrogen-bond acceptors (Lipinski definition) is 6. The Kier molecular flexibility index (Phi) is 8.91. The van der Waals surface area contributed by atoms with Crippen LogP contribution in [-0.4, -0.2) is 46.0 Å². The zero-order chi connectivity index (χ0) is 33.2. The number of nitrogens with one attached hydrogen (secondary N) is 1. The summed E-state index contributed by atoms with van der Waals surface area (Å²) in [6.45, 7) is 6.70. The van der Waals surface area contributed by atoms with E-state index in [1.165, 1.54) is 35.6 Å². The summed E-state index contributed by atoms with van der Waals surface area (Å²) < 4.78 is 22.9. The predicted molar refractivity (Wildman–Crippen MR) is 182 cm³/mol. The average molecular weight is 652 g/mol. The van der Waals surface area contributed by atoms with Crippen LogP contribution in [0.3, 0.4) is 0 Å². The molecule has 0 aliphatic carbocycles. The lowest BCUT2D eigenvalue weighted by Crippen LogP contribution is -2.43. The van der Waals surface area contributed by atoms with Crippen molar-refractivity contribution in [1.82, 2.24) is 14.0 Å². The molecule has 2 amide bonds. The van der Waals surface area contributed by atoms with Crippen molar-refractivity contribution in [3.63, 3.8) is 0 Å². The van der Waals surface area contributed by atoms with Gasteiger partial charge in [-0.1, -0.05) is 47.7 Å². The Morgan fingerprint density at radius 2 is 1.74 bits per heavy atom. The first-order valence-electron chi connectivity index (χ1n) is 15.3. The fraction of sp³-hybridized carbons (Fsp3) is 0.222. The lowest BCUT2D eigenvalue weighted by molar-refractivity contribution is -0.127. The number of carbonyl (C=O) groups is 2. The third-order valence-electron chi connectivity index (χ3n) is 8.28. The van der Waals surface area contributed by atoms with E-state index in [-0.39, 0.29) is 29.7 Å². The summed E-state index contributed by atoms with van der Waals surface area (Å²) >= 11 is 1.25. The molecule has 0 spiro atoms. The van der Waals surface area contributed by atoms with Crippen LogP contribution in [0.1, 0.15) is 37.9 Å². The highest BCUT2D eigenvalue weighted by atomic mass is 32.1. The van der Waals surface area contributed by atoms with E-state index < -0.39 is 6.04 Å². The summed E-state index contributed by atoms with van der Waals surface area (Å²) in [5.74, 6) is -0.275.